The zero-order valence-electron chi connectivity index (χ0n) is 8.69. The predicted octanol–water partition coefficient (Wildman–Crippen LogP) is -0.224. The molecule has 0 atom stereocenters. The Bertz CT molecular complexity index is 370. The molecule has 1 aromatic rings. The van der Waals surface area contributed by atoms with E-state index in [1.54, 1.807) is 0 Å². The van der Waals surface area contributed by atoms with Crippen LogP contribution in [0.3, 0.4) is 0 Å². The molecule has 1 rings (SSSR count). The standard InChI is InChI=1S/C7H15N5O2S/c1-3-6(4-2)10-12-15(13,14)7-8-5-9-11-7/h5-6,10,12H,3-4H2,1-2H3,(H,8,9,11). The molecule has 0 aromatic carbocycles. The van der Waals surface area contributed by atoms with E-state index in [-0.39, 0.29) is 11.2 Å². The topological polar surface area (TPSA) is 99.8 Å². The molecule has 0 spiro atoms. The van der Waals surface area contributed by atoms with E-state index in [2.05, 4.69) is 25.4 Å². The first-order valence-corrected chi connectivity index (χ1v) is 6.21. The first-order valence-electron chi connectivity index (χ1n) is 4.73. The van der Waals surface area contributed by atoms with Gasteiger partial charge >= 0.3 is 0 Å². The molecule has 0 radical (unpaired) electrons. The number of sulfonamides is 1. The van der Waals surface area contributed by atoms with Crippen molar-refractivity contribution in [2.45, 2.75) is 37.9 Å². The number of hydrogen-bond donors (Lipinski definition) is 3. The quantitative estimate of drug-likeness (QED) is 0.590. The van der Waals surface area contributed by atoms with Gasteiger partial charge in [0.15, 0.2) is 0 Å². The number of rotatable bonds is 6. The number of H-pyrrole nitrogens is 1. The van der Waals surface area contributed by atoms with E-state index in [1.807, 2.05) is 13.8 Å². The van der Waals surface area contributed by atoms with Crippen molar-refractivity contribution in [3.8, 4) is 0 Å². The molecule has 0 aliphatic rings. The summed E-state index contributed by atoms with van der Waals surface area (Å²) in [4.78, 5) is 4.68. The first-order chi connectivity index (χ1) is 7.10. The average Bonchev–Trinajstić information content (AvgIpc) is 2.72. The summed E-state index contributed by atoms with van der Waals surface area (Å²) in [5, 5.41) is 6.63. The summed E-state index contributed by atoms with van der Waals surface area (Å²) in [6.45, 7) is 3.95. The van der Waals surface area contributed by atoms with Crippen LogP contribution < -0.4 is 10.3 Å². The Morgan fingerprint density at radius 3 is 2.60 bits per heavy atom. The Morgan fingerprint density at radius 1 is 1.47 bits per heavy atom. The molecule has 8 heteroatoms. The van der Waals surface area contributed by atoms with Gasteiger partial charge in [-0.3, -0.25) is 0 Å². The van der Waals surface area contributed by atoms with Crippen LogP contribution in [0.25, 0.3) is 0 Å². The molecule has 15 heavy (non-hydrogen) atoms. The van der Waals surface area contributed by atoms with Crippen LogP contribution in [-0.4, -0.2) is 29.6 Å². The SMILES string of the molecule is CCC(CC)NNS(=O)(=O)c1nnc[nH]1. The van der Waals surface area contributed by atoms with Crippen molar-refractivity contribution in [1.82, 2.24) is 25.4 Å². The van der Waals surface area contributed by atoms with Crippen LogP contribution >= 0.6 is 0 Å². The second kappa shape index (κ2) is 5.19. The zero-order chi connectivity index (χ0) is 11.3. The van der Waals surface area contributed by atoms with Crippen LogP contribution in [0.4, 0.5) is 0 Å². The highest BCUT2D eigenvalue weighted by Crippen LogP contribution is 1.98. The van der Waals surface area contributed by atoms with E-state index >= 15 is 0 Å². The van der Waals surface area contributed by atoms with Crippen LogP contribution in [-0.2, 0) is 10.0 Å². The van der Waals surface area contributed by atoms with Gasteiger partial charge in [-0.1, -0.05) is 13.8 Å². The maximum Gasteiger partial charge on any atom is 0.288 e. The third-order valence-corrected chi connectivity index (χ3v) is 3.13. The van der Waals surface area contributed by atoms with Gasteiger partial charge in [0.2, 0.25) is 0 Å². The van der Waals surface area contributed by atoms with E-state index in [1.165, 1.54) is 6.33 Å². The normalized spacial score (nSPS) is 12.2. The van der Waals surface area contributed by atoms with E-state index in [0.29, 0.717) is 0 Å². The maximum atomic E-state index is 11.5. The van der Waals surface area contributed by atoms with Gasteiger partial charge in [-0.05, 0) is 12.8 Å². The van der Waals surface area contributed by atoms with Crippen molar-refractivity contribution in [1.29, 1.82) is 0 Å². The summed E-state index contributed by atoms with van der Waals surface area (Å²) < 4.78 is 23.0. The van der Waals surface area contributed by atoms with Crippen LogP contribution in [0, 0.1) is 0 Å². The number of aromatic amines is 1. The minimum absolute atomic E-state index is 0.114. The van der Waals surface area contributed by atoms with Gasteiger partial charge in [-0.2, -0.15) is 0 Å². The molecule has 0 fully saturated rings. The molecule has 1 heterocycles. The highest BCUT2D eigenvalue weighted by atomic mass is 32.2. The molecular formula is C7H15N5O2S. The molecule has 0 amide bonds. The molecule has 0 saturated heterocycles. The minimum Gasteiger partial charge on any atom is -0.317 e. The Balaban J connectivity index is 2.59. The van der Waals surface area contributed by atoms with Gasteiger partial charge in [0.25, 0.3) is 15.2 Å². The lowest BCUT2D eigenvalue weighted by Crippen LogP contribution is -2.44. The van der Waals surface area contributed by atoms with Gasteiger partial charge in [-0.25, -0.2) is 13.8 Å². The van der Waals surface area contributed by atoms with Crippen molar-refractivity contribution in [3.05, 3.63) is 6.33 Å². The molecule has 1 aromatic heterocycles. The first kappa shape index (κ1) is 12.1. The summed E-state index contributed by atoms with van der Waals surface area (Å²) >= 11 is 0. The third kappa shape index (κ3) is 3.26. The second-order valence-corrected chi connectivity index (χ2v) is 4.66. The zero-order valence-corrected chi connectivity index (χ0v) is 9.50. The predicted molar refractivity (Wildman–Crippen MR) is 54.2 cm³/mol. The number of aromatic nitrogens is 3. The fraction of sp³-hybridized carbons (Fsp3) is 0.714. The van der Waals surface area contributed by atoms with Crippen molar-refractivity contribution >= 4 is 10.0 Å². The summed E-state index contributed by atoms with van der Waals surface area (Å²) in [6, 6.07) is 0.114. The number of nitrogens with one attached hydrogen (secondary N) is 3. The lowest BCUT2D eigenvalue weighted by molar-refractivity contribution is 0.454. The molecule has 0 saturated carbocycles. The van der Waals surface area contributed by atoms with Crippen LogP contribution in [0.15, 0.2) is 11.5 Å². The van der Waals surface area contributed by atoms with Crippen molar-refractivity contribution in [2.24, 2.45) is 0 Å². The Labute approximate surface area is 88.7 Å². The van der Waals surface area contributed by atoms with E-state index in [4.69, 9.17) is 0 Å². The van der Waals surface area contributed by atoms with Gasteiger partial charge in [0, 0.05) is 6.04 Å². The largest absolute Gasteiger partial charge is 0.317 e. The molecule has 0 unspecified atom stereocenters. The molecular weight excluding hydrogens is 218 g/mol. The Hall–Kier alpha value is -0.990. The fourth-order valence-corrected chi connectivity index (χ4v) is 1.81. The molecule has 0 aliphatic carbocycles. The Kier molecular flexibility index (Phi) is 4.18. The van der Waals surface area contributed by atoms with Crippen molar-refractivity contribution in [2.75, 3.05) is 0 Å². The molecule has 86 valence electrons. The van der Waals surface area contributed by atoms with Crippen molar-refractivity contribution < 1.29 is 8.42 Å². The van der Waals surface area contributed by atoms with Crippen LogP contribution in [0.1, 0.15) is 26.7 Å². The van der Waals surface area contributed by atoms with Crippen LogP contribution in [0.2, 0.25) is 0 Å². The maximum absolute atomic E-state index is 11.5. The number of hydrazine groups is 1. The summed E-state index contributed by atoms with van der Waals surface area (Å²) in [7, 11) is -3.62. The van der Waals surface area contributed by atoms with Crippen molar-refractivity contribution in [3.63, 3.8) is 0 Å². The van der Waals surface area contributed by atoms with Crippen LogP contribution in [0.5, 0.6) is 0 Å². The third-order valence-electron chi connectivity index (χ3n) is 2.03. The lowest BCUT2D eigenvalue weighted by Gasteiger charge is -2.14. The van der Waals surface area contributed by atoms with Gasteiger partial charge < -0.3 is 4.98 Å². The average molecular weight is 233 g/mol. The second-order valence-electron chi connectivity index (χ2n) is 3.06. The number of hydrogen-bond acceptors (Lipinski definition) is 5. The van der Waals surface area contributed by atoms with E-state index < -0.39 is 10.0 Å². The number of nitrogens with zero attached hydrogens (tertiary/aromatic N) is 2. The monoisotopic (exact) mass is 233 g/mol. The van der Waals surface area contributed by atoms with Gasteiger partial charge in [-0.15, -0.1) is 15.0 Å². The summed E-state index contributed by atoms with van der Waals surface area (Å²) in [5.41, 5.74) is 2.72. The highest BCUT2D eigenvalue weighted by molar-refractivity contribution is 7.89. The van der Waals surface area contributed by atoms with E-state index in [0.717, 1.165) is 12.8 Å². The smallest absolute Gasteiger partial charge is 0.288 e. The van der Waals surface area contributed by atoms with Gasteiger partial charge in [0.1, 0.15) is 6.33 Å². The molecule has 3 N–H and O–H groups in total. The summed E-state index contributed by atoms with van der Waals surface area (Å²) in [6.07, 6.45) is 2.90. The minimum atomic E-state index is -3.62. The summed E-state index contributed by atoms with van der Waals surface area (Å²) in [5.74, 6) is 0. The molecule has 0 bridgehead atoms. The fourth-order valence-electron chi connectivity index (χ4n) is 1.03. The Morgan fingerprint density at radius 2 is 2.13 bits per heavy atom. The van der Waals surface area contributed by atoms with Gasteiger partial charge in [0.05, 0.1) is 0 Å². The highest BCUT2D eigenvalue weighted by Gasteiger charge is 2.17. The lowest BCUT2D eigenvalue weighted by atomic mass is 10.2. The molecule has 0 aliphatic heterocycles. The molecule has 7 nitrogen and oxygen atoms in total. The van der Waals surface area contributed by atoms with E-state index in [9.17, 15) is 8.42 Å².